The first-order valence-corrected chi connectivity index (χ1v) is 5.24. The van der Waals surface area contributed by atoms with E-state index in [0.29, 0.717) is 5.56 Å². The highest BCUT2D eigenvalue weighted by atomic mass is 16.4. The topological polar surface area (TPSA) is 49.3 Å². The number of nitrogens with one attached hydrogen (secondary N) is 1. The maximum absolute atomic E-state index is 11.0. The fourth-order valence-electron chi connectivity index (χ4n) is 1.57. The molecule has 1 aromatic rings. The number of hydrogen-bond donors (Lipinski definition) is 2. The highest BCUT2D eigenvalue weighted by Gasteiger charge is 2.21. The Morgan fingerprint density at radius 3 is 2.87 bits per heavy atom. The highest BCUT2D eigenvalue weighted by molar-refractivity contribution is 5.94. The summed E-state index contributed by atoms with van der Waals surface area (Å²) in [6.45, 7) is 2.86. The van der Waals surface area contributed by atoms with Crippen molar-refractivity contribution in [3.05, 3.63) is 29.3 Å². The monoisotopic (exact) mass is 205 g/mol. The molecule has 0 bridgehead atoms. The lowest BCUT2D eigenvalue weighted by Crippen LogP contribution is -2.09. The van der Waals surface area contributed by atoms with E-state index in [1.807, 2.05) is 19.1 Å². The third-order valence-electron chi connectivity index (χ3n) is 2.68. The standard InChI is InChI=1S/C12H15NO2/c1-8-2-5-10(12(14)15)11(6-8)13-7-9-3-4-9/h2,5-6,9,13H,3-4,7H2,1H3,(H,14,15). The molecule has 3 heteroatoms. The van der Waals surface area contributed by atoms with Crippen LogP contribution in [0, 0.1) is 12.8 Å². The summed E-state index contributed by atoms with van der Waals surface area (Å²) in [6, 6.07) is 5.38. The third-order valence-corrected chi connectivity index (χ3v) is 2.68. The van der Waals surface area contributed by atoms with Crippen molar-refractivity contribution in [2.75, 3.05) is 11.9 Å². The maximum atomic E-state index is 11.0. The Bertz CT molecular complexity index is 383. The zero-order valence-electron chi connectivity index (χ0n) is 8.79. The fraction of sp³-hybridized carbons (Fsp3) is 0.417. The summed E-state index contributed by atoms with van der Waals surface area (Å²) in [6.07, 6.45) is 2.53. The number of hydrogen-bond acceptors (Lipinski definition) is 2. The number of carbonyl (C=O) groups is 1. The number of carboxylic acid groups (broad SMARTS) is 1. The van der Waals surface area contributed by atoms with E-state index in [4.69, 9.17) is 5.11 Å². The first-order valence-electron chi connectivity index (χ1n) is 5.24. The average molecular weight is 205 g/mol. The van der Waals surface area contributed by atoms with Crippen LogP contribution in [0.4, 0.5) is 5.69 Å². The van der Waals surface area contributed by atoms with E-state index in [2.05, 4.69) is 5.32 Å². The van der Waals surface area contributed by atoms with Gasteiger partial charge in [-0.05, 0) is 43.4 Å². The van der Waals surface area contributed by atoms with E-state index in [1.165, 1.54) is 12.8 Å². The fourth-order valence-corrected chi connectivity index (χ4v) is 1.57. The molecule has 1 saturated carbocycles. The van der Waals surface area contributed by atoms with Gasteiger partial charge in [0, 0.05) is 12.2 Å². The van der Waals surface area contributed by atoms with Gasteiger partial charge in [-0.2, -0.15) is 0 Å². The Kier molecular flexibility index (Phi) is 2.62. The molecule has 1 aromatic carbocycles. The first kappa shape index (κ1) is 10.0. The largest absolute Gasteiger partial charge is 0.478 e. The second-order valence-corrected chi connectivity index (χ2v) is 4.18. The number of aromatic carboxylic acids is 1. The first-order chi connectivity index (χ1) is 7.16. The Balaban J connectivity index is 2.16. The normalized spacial score (nSPS) is 15.0. The molecule has 3 nitrogen and oxygen atoms in total. The average Bonchev–Trinajstić information content (AvgIpc) is 2.97. The van der Waals surface area contributed by atoms with Crippen LogP contribution in [0.25, 0.3) is 0 Å². The Morgan fingerprint density at radius 1 is 1.53 bits per heavy atom. The smallest absolute Gasteiger partial charge is 0.337 e. The minimum atomic E-state index is -0.867. The molecule has 80 valence electrons. The molecule has 1 fully saturated rings. The van der Waals surface area contributed by atoms with Crippen molar-refractivity contribution in [1.29, 1.82) is 0 Å². The van der Waals surface area contributed by atoms with Gasteiger partial charge in [-0.1, -0.05) is 6.07 Å². The van der Waals surface area contributed by atoms with Gasteiger partial charge in [0.1, 0.15) is 0 Å². The molecular weight excluding hydrogens is 190 g/mol. The molecule has 0 aliphatic heterocycles. The van der Waals surface area contributed by atoms with Crippen LogP contribution < -0.4 is 5.32 Å². The summed E-state index contributed by atoms with van der Waals surface area (Å²) in [4.78, 5) is 11.0. The van der Waals surface area contributed by atoms with Gasteiger partial charge in [-0.3, -0.25) is 0 Å². The zero-order valence-corrected chi connectivity index (χ0v) is 8.79. The Morgan fingerprint density at radius 2 is 2.27 bits per heavy atom. The second kappa shape index (κ2) is 3.93. The van der Waals surface area contributed by atoms with Crippen LogP contribution in [0.1, 0.15) is 28.8 Å². The molecule has 1 aliphatic rings. The quantitative estimate of drug-likeness (QED) is 0.794. The molecule has 0 aromatic heterocycles. The summed E-state index contributed by atoms with van der Waals surface area (Å²) in [7, 11) is 0. The number of aryl methyl sites for hydroxylation is 1. The predicted octanol–water partition coefficient (Wildman–Crippen LogP) is 2.52. The van der Waals surface area contributed by atoms with Crippen molar-refractivity contribution in [3.8, 4) is 0 Å². The van der Waals surface area contributed by atoms with Crippen LogP contribution in [-0.2, 0) is 0 Å². The van der Waals surface area contributed by atoms with E-state index >= 15 is 0 Å². The van der Waals surface area contributed by atoms with Crippen LogP contribution in [0.2, 0.25) is 0 Å². The van der Waals surface area contributed by atoms with Crippen molar-refractivity contribution < 1.29 is 9.90 Å². The van der Waals surface area contributed by atoms with E-state index in [0.717, 1.165) is 23.7 Å². The molecule has 0 heterocycles. The van der Waals surface area contributed by atoms with E-state index in [9.17, 15) is 4.79 Å². The van der Waals surface area contributed by atoms with Gasteiger partial charge in [0.25, 0.3) is 0 Å². The lowest BCUT2D eigenvalue weighted by Gasteiger charge is -2.09. The van der Waals surface area contributed by atoms with E-state index < -0.39 is 5.97 Å². The molecule has 1 aliphatic carbocycles. The number of anilines is 1. The molecule has 0 unspecified atom stereocenters. The Hall–Kier alpha value is -1.51. The van der Waals surface area contributed by atoms with Gasteiger partial charge in [-0.25, -0.2) is 4.79 Å². The van der Waals surface area contributed by atoms with Gasteiger partial charge in [0.2, 0.25) is 0 Å². The summed E-state index contributed by atoms with van der Waals surface area (Å²) in [5.74, 6) is -0.125. The number of rotatable bonds is 4. The zero-order chi connectivity index (χ0) is 10.8. The van der Waals surface area contributed by atoms with Gasteiger partial charge in [0.15, 0.2) is 0 Å². The summed E-state index contributed by atoms with van der Waals surface area (Å²) >= 11 is 0. The third kappa shape index (κ3) is 2.49. The predicted molar refractivity (Wildman–Crippen MR) is 59.4 cm³/mol. The van der Waals surface area contributed by atoms with Crippen LogP contribution in [0.5, 0.6) is 0 Å². The SMILES string of the molecule is Cc1ccc(C(=O)O)c(NCC2CC2)c1. The second-order valence-electron chi connectivity index (χ2n) is 4.18. The Labute approximate surface area is 89.1 Å². The lowest BCUT2D eigenvalue weighted by atomic mass is 10.1. The summed E-state index contributed by atoms with van der Waals surface area (Å²) in [5, 5.41) is 12.2. The maximum Gasteiger partial charge on any atom is 0.337 e. The van der Waals surface area contributed by atoms with Gasteiger partial charge < -0.3 is 10.4 Å². The molecule has 0 radical (unpaired) electrons. The highest BCUT2D eigenvalue weighted by Crippen LogP contribution is 2.29. The van der Waals surface area contributed by atoms with E-state index in [1.54, 1.807) is 6.07 Å². The van der Waals surface area contributed by atoms with Crippen molar-refractivity contribution in [3.63, 3.8) is 0 Å². The van der Waals surface area contributed by atoms with Crippen molar-refractivity contribution in [1.82, 2.24) is 0 Å². The van der Waals surface area contributed by atoms with Gasteiger partial charge >= 0.3 is 5.97 Å². The molecular formula is C12H15NO2. The van der Waals surface area contributed by atoms with E-state index in [-0.39, 0.29) is 0 Å². The molecule has 0 spiro atoms. The van der Waals surface area contributed by atoms with Gasteiger partial charge in [-0.15, -0.1) is 0 Å². The molecule has 0 amide bonds. The lowest BCUT2D eigenvalue weighted by molar-refractivity contribution is 0.0698. The molecule has 2 N–H and O–H groups in total. The minimum absolute atomic E-state index is 0.362. The molecule has 15 heavy (non-hydrogen) atoms. The molecule has 0 saturated heterocycles. The number of carboxylic acids is 1. The molecule has 0 atom stereocenters. The van der Waals surface area contributed by atoms with Crippen molar-refractivity contribution in [2.24, 2.45) is 5.92 Å². The summed E-state index contributed by atoms with van der Waals surface area (Å²) in [5.41, 5.74) is 2.19. The van der Waals surface area contributed by atoms with Crippen LogP contribution in [-0.4, -0.2) is 17.6 Å². The van der Waals surface area contributed by atoms with Crippen molar-refractivity contribution in [2.45, 2.75) is 19.8 Å². The van der Waals surface area contributed by atoms with Crippen LogP contribution >= 0.6 is 0 Å². The van der Waals surface area contributed by atoms with Gasteiger partial charge in [0.05, 0.1) is 5.56 Å². The minimum Gasteiger partial charge on any atom is -0.478 e. The number of benzene rings is 1. The van der Waals surface area contributed by atoms with Crippen molar-refractivity contribution >= 4 is 11.7 Å². The van der Waals surface area contributed by atoms with Crippen LogP contribution in [0.3, 0.4) is 0 Å². The van der Waals surface area contributed by atoms with Crippen LogP contribution in [0.15, 0.2) is 18.2 Å². The molecule has 2 rings (SSSR count). The summed E-state index contributed by atoms with van der Waals surface area (Å²) < 4.78 is 0.